The zero-order valence-electron chi connectivity index (χ0n) is 10.9. The van der Waals surface area contributed by atoms with Gasteiger partial charge in [0.25, 0.3) is 5.91 Å². The number of carbonyl (C=O) groups excluding carboxylic acids is 1. The summed E-state index contributed by atoms with van der Waals surface area (Å²) in [4.78, 5) is 23.2. The number of phenols is 2. The normalized spacial score (nSPS) is 16.8. The molecule has 1 aromatic rings. The molecule has 20 heavy (non-hydrogen) atoms. The van der Waals surface area contributed by atoms with Gasteiger partial charge in [-0.25, -0.2) is 0 Å². The standard InChI is InChI=1S/C14H17NO5/c16-9-4-3-5-10(17)12(9)13(20)15-14(8-11(18)19)6-1-2-7-14/h3-5,16-17H,1-2,6-8H2,(H,15,20)(H,18,19). The number of nitrogens with one attached hydrogen (secondary N) is 1. The number of hydrogen-bond acceptors (Lipinski definition) is 4. The molecule has 0 aromatic heterocycles. The molecular weight excluding hydrogens is 262 g/mol. The Bertz CT molecular complexity index is 514. The third-order valence-electron chi connectivity index (χ3n) is 3.68. The summed E-state index contributed by atoms with van der Waals surface area (Å²) in [5.74, 6) is -2.28. The van der Waals surface area contributed by atoms with Gasteiger partial charge >= 0.3 is 5.97 Å². The minimum atomic E-state index is -0.978. The molecule has 1 aromatic carbocycles. The molecule has 0 heterocycles. The minimum Gasteiger partial charge on any atom is -0.507 e. The van der Waals surface area contributed by atoms with Crippen LogP contribution in [0.25, 0.3) is 0 Å². The van der Waals surface area contributed by atoms with Crippen LogP contribution in [0.3, 0.4) is 0 Å². The summed E-state index contributed by atoms with van der Waals surface area (Å²) in [5.41, 5.74) is -1.01. The molecule has 0 spiro atoms. The largest absolute Gasteiger partial charge is 0.507 e. The first-order valence-electron chi connectivity index (χ1n) is 6.49. The average Bonchev–Trinajstić information content (AvgIpc) is 2.75. The van der Waals surface area contributed by atoms with E-state index in [2.05, 4.69) is 5.32 Å². The first-order chi connectivity index (χ1) is 9.43. The fraction of sp³-hybridized carbons (Fsp3) is 0.429. The SMILES string of the molecule is O=C(O)CC1(NC(=O)c2c(O)cccc2O)CCCC1. The molecule has 2 rings (SSSR count). The smallest absolute Gasteiger partial charge is 0.305 e. The van der Waals surface area contributed by atoms with E-state index < -0.39 is 17.4 Å². The first-order valence-corrected chi connectivity index (χ1v) is 6.49. The lowest BCUT2D eigenvalue weighted by atomic mass is 9.92. The van der Waals surface area contributed by atoms with Crippen LogP contribution >= 0.6 is 0 Å². The van der Waals surface area contributed by atoms with Gasteiger partial charge in [0.05, 0.1) is 12.0 Å². The van der Waals surface area contributed by atoms with E-state index in [-0.39, 0.29) is 23.5 Å². The van der Waals surface area contributed by atoms with Crippen molar-refractivity contribution in [1.29, 1.82) is 0 Å². The second kappa shape index (κ2) is 5.40. The predicted molar refractivity (Wildman–Crippen MR) is 70.7 cm³/mol. The Morgan fingerprint density at radius 1 is 1.15 bits per heavy atom. The summed E-state index contributed by atoms with van der Waals surface area (Å²) >= 11 is 0. The maximum atomic E-state index is 12.2. The maximum absolute atomic E-state index is 12.2. The van der Waals surface area contributed by atoms with Gasteiger partial charge in [-0.3, -0.25) is 9.59 Å². The van der Waals surface area contributed by atoms with Gasteiger partial charge in [-0.05, 0) is 25.0 Å². The molecular formula is C14H17NO5. The number of carboxylic acid groups (broad SMARTS) is 1. The minimum absolute atomic E-state index is 0.160. The molecule has 1 aliphatic rings. The molecule has 1 amide bonds. The van der Waals surface area contributed by atoms with Crippen molar-refractivity contribution in [2.75, 3.05) is 0 Å². The van der Waals surface area contributed by atoms with E-state index in [1.807, 2.05) is 0 Å². The highest BCUT2D eigenvalue weighted by Gasteiger charge is 2.38. The molecule has 0 aliphatic heterocycles. The number of hydrogen-bond donors (Lipinski definition) is 4. The van der Waals surface area contributed by atoms with E-state index in [0.29, 0.717) is 12.8 Å². The molecule has 6 heteroatoms. The van der Waals surface area contributed by atoms with Crippen molar-refractivity contribution in [3.63, 3.8) is 0 Å². The van der Waals surface area contributed by atoms with Crippen LogP contribution < -0.4 is 5.32 Å². The summed E-state index contributed by atoms with van der Waals surface area (Å²) in [5, 5.41) is 31.0. The number of amides is 1. The quantitative estimate of drug-likeness (QED) is 0.670. The van der Waals surface area contributed by atoms with Gasteiger partial charge < -0.3 is 20.6 Å². The molecule has 1 aliphatic carbocycles. The van der Waals surface area contributed by atoms with E-state index in [4.69, 9.17) is 5.11 Å². The van der Waals surface area contributed by atoms with Crippen molar-refractivity contribution in [3.8, 4) is 11.5 Å². The molecule has 6 nitrogen and oxygen atoms in total. The Morgan fingerprint density at radius 2 is 1.70 bits per heavy atom. The number of rotatable bonds is 4. The van der Waals surface area contributed by atoms with Crippen LogP contribution in [-0.4, -0.2) is 32.7 Å². The highest BCUT2D eigenvalue weighted by molar-refractivity contribution is 6.00. The molecule has 0 bridgehead atoms. The third kappa shape index (κ3) is 2.84. The Morgan fingerprint density at radius 3 is 2.20 bits per heavy atom. The Hall–Kier alpha value is -2.24. The van der Waals surface area contributed by atoms with Gasteiger partial charge in [0, 0.05) is 0 Å². The number of aliphatic carboxylic acids is 1. The molecule has 0 radical (unpaired) electrons. The summed E-state index contributed by atoms with van der Waals surface area (Å²) in [6.07, 6.45) is 2.70. The van der Waals surface area contributed by atoms with Crippen LogP contribution in [-0.2, 0) is 4.79 Å². The second-order valence-electron chi connectivity index (χ2n) is 5.18. The van der Waals surface area contributed by atoms with Crippen LogP contribution in [0, 0.1) is 0 Å². The highest BCUT2D eigenvalue weighted by atomic mass is 16.4. The van der Waals surface area contributed by atoms with Crippen molar-refractivity contribution in [1.82, 2.24) is 5.32 Å². The van der Waals surface area contributed by atoms with E-state index in [9.17, 15) is 19.8 Å². The topological polar surface area (TPSA) is 107 Å². The number of carbonyl (C=O) groups is 2. The monoisotopic (exact) mass is 279 g/mol. The zero-order chi connectivity index (χ0) is 14.8. The van der Waals surface area contributed by atoms with Crippen LogP contribution in [0.15, 0.2) is 18.2 Å². The predicted octanol–water partition coefficient (Wildman–Crippen LogP) is 1.62. The van der Waals surface area contributed by atoms with Crippen molar-refractivity contribution < 1.29 is 24.9 Å². The third-order valence-corrected chi connectivity index (χ3v) is 3.68. The van der Waals surface area contributed by atoms with Gasteiger partial charge in [-0.1, -0.05) is 18.9 Å². The molecule has 108 valence electrons. The van der Waals surface area contributed by atoms with E-state index in [1.54, 1.807) is 0 Å². The van der Waals surface area contributed by atoms with E-state index in [1.165, 1.54) is 18.2 Å². The van der Waals surface area contributed by atoms with Crippen LogP contribution in [0.1, 0.15) is 42.5 Å². The number of aromatic hydroxyl groups is 2. The molecule has 0 unspecified atom stereocenters. The summed E-state index contributed by atoms with van der Waals surface area (Å²) in [7, 11) is 0. The lowest BCUT2D eigenvalue weighted by Crippen LogP contribution is -2.47. The lowest BCUT2D eigenvalue weighted by Gasteiger charge is -2.28. The first kappa shape index (κ1) is 14.2. The Labute approximate surface area is 116 Å². The van der Waals surface area contributed by atoms with Crippen molar-refractivity contribution in [2.24, 2.45) is 0 Å². The van der Waals surface area contributed by atoms with Crippen LogP contribution in [0.2, 0.25) is 0 Å². The fourth-order valence-corrected chi connectivity index (χ4v) is 2.75. The van der Waals surface area contributed by atoms with Crippen molar-refractivity contribution >= 4 is 11.9 Å². The highest BCUT2D eigenvalue weighted by Crippen LogP contribution is 2.34. The van der Waals surface area contributed by atoms with Crippen LogP contribution in [0.4, 0.5) is 0 Å². The Kier molecular flexibility index (Phi) is 3.83. The summed E-state index contributed by atoms with van der Waals surface area (Å²) in [6, 6.07) is 4.02. The molecule has 1 fully saturated rings. The van der Waals surface area contributed by atoms with Gasteiger partial charge in [0.2, 0.25) is 0 Å². The average molecular weight is 279 g/mol. The number of carboxylic acids is 1. The zero-order valence-corrected chi connectivity index (χ0v) is 10.9. The molecule has 4 N–H and O–H groups in total. The van der Waals surface area contributed by atoms with E-state index in [0.717, 1.165) is 12.8 Å². The van der Waals surface area contributed by atoms with Gasteiger partial charge in [0.1, 0.15) is 17.1 Å². The second-order valence-corrected chi connectivity index (χ2v) is 5.18. The van der Waals surface area contributed by atoms with Crippen molar-refractivity contribution in [3.05, 3.63) is 23.8 Å². The van der Waals surface area contributed by atoms with E-state index >= 15 is 0 Å². The number of benzene rings is 1. The molecule has 0 atom stereocenters. The van der Waals surface area contributed by atoms with Gasteiger partial charge in [-0.15, -0.1) is 0 Å². The van der Waals surface area contributed by atoms with Crippen LogP contribution in [0.5, 0.6) is 11.5 Å². The van der Waals surface area contributed by atoms with Gasteiger partial charge in [-0.2, -0.15) is 0 Å². The summed E-state index contributed by atoms with van der Waals surface area (Å²) < 4.78 is 0. The maximum Gasteiger partial charge on any atom is 0.305 e. The fourth-order valence-electron chi connectivity index (χ4n) is 2.75. The lowest BCUT2D eigenvalue weighted by molar-refractivity contribution is -0.138. The molecule has 1 saturated carbocycles. The Balaban J connectivity index is 2.23. The summed E-state index contributed by atoms with van der Waals surface area (Å²) in [6.45, 7) is 0. The molecule has 0 saturated heterocycles. The van der Waals surface area contributed by atoms with Crippen molar-refractivity contribution in [2.45, 2.75) is 37.6 Å². The van der Waals surface area contributed by atoms with Gasteiger partial charge in [0.15, 0.2) is 0 Å². The number of phenolic OH excluding ortho intramolecular Hbond substituents is 2.